The number of carbonyl (C=O) groups is 3. The van der Waals surface area contributed by atoms with E-state index >= 15 is 0 Å². The van der Waals surface area contributed by atoms with Gasteiger partial charge in [-0.1, -0.05) is 71.1 Å². The number of piperidine rings is 1. The first kappa shape index (κ1) is 29.6. The lowest BCUT2D eigenvalue weighted by atomic mass is 9.60. The van der Waals surface area contributed by atoms with Crippen LogP contribution in [0, 0.1) is 11.3 Å². The van der Waals surface area contributed by atoms with E-state index in [1.54, 1.807) is 0 Å². The van der Waals surface area contributed by atoms with E-state index in [2.05, 4.69) is 45.3 Å². The van der Waals surface area contributed by atoms with Gasteiger partial charge in [-0.3, -0.25) is 19.7 Å². The molecular formula is C27H50N2O4. The SMILES string of the molecule is CCCCCCCCCCCCC(CC(=O)O)(C(=O)NC(C)=O)C1CC(C)(C)NC(C)(C)C1. The molecule has 1 aliphatic heterocycles. The zero-order valence-corrected chi connectivity index (χ0v) is 22.1. The summed E-state index contributed by atoms with van der Waals surface area (Å²) in [5.74, 6) is -1.93. The van der Waals surface area contributed by atoms with Crippen molar-refractivity contribution in [3.8, 4) is 0 Å². The molecule has 0 aromatic carbocycles. The van der Waals surface area contributed by atoms with Gasteiger partial charge in [0.1, 0.15) is 0 Å². The largest absolute Gasteiger partial charge is 0.481 e. The monoisotopic (exact) mass is 466 g/mol. The number of amides is 2. The second-order valence-corrected chi connectivity index (χ2v) is 11.7. The van der Waals surface area contributed by atoms with Gasteiger partial charge in [0.2, 0.25) is 11.8 Å². The zero-order chi connectivity index (χ0) is 25.1. The van der Waals surface area contributed by atoms with Crippen LogP contribution in [-0.4, -0.2) is 34.0 Å². The van der Waals surface area contributed by atoms with Gasteiger partial charge in [-0.05, 0) is 52.9 Å². The number of carboxylic acids is 1. The highest BCUT2D eigenvalue weighted by atomic mass is 16.4. The van der Waals surface area contributed by atoms with Gasteiger partial charge in [0, 0.05) is 18.0 Å². The van der Waals surface area contributed by atoms with E-state index in [1.165, 1.54) is 51.9 Å². The van der Waals surface area contributed by atoms with Crippen LogP contribution in [0.25, 0.3) is 0 Å². The highest BCUT2D eigenvalue weighted by Crippen LogP contribution is 2.48. The number of imide groups is 1. The molecule has 1 aliphatic rings. The molecule has 1 saturated heterocycles. The molecule has 0 aliphatic carbocycles. The van der Waals surface area contributed by atoms with E-state index in [4.69, 9.17) is 0 Å². The zero-order valence-electron chi connectivity index (χ0n) is 22.1. The highest BCUT2D eigenvalue weighted by Gasteiger charge is 2.52. The normalized spacial score (nSPS) is 19.6. The highest BCUT2D eigenvalue weighted by molar-refractivity contribution is 5.98. The molecule has 6 heteroatoms. The van der Waals surface area contributed by atoms with Gasteiger partial charge in [0.25, 0.3) is 0 Å². The summed E-state index contributed by atoms with van der Waals surface area (Å²) in [6, 6.07) is 0. The molecule has 33 heavy (non-hydrogen) atoms. The molecule has 3 N–H and O–H groups in total. The number of carboxylic acid groups (broad SMARTS) is 1. The van der Waals surface area contributed by atoms with Gasteiger partial charge < -0.3 is 10.4 Å². The number of nitrogens with one attached hydrogen (secondary N) is 2. The van der Waals surface area contributed by atoms with Crippen molar-refractivity contribution < 1.29 is 19.5 Å². The lowest BCUT2D eigenvalue weighted by molar-refractivity contribution is -0.152. The van der Waals surface area contributed by atoms with Gasteiger partial charge >= 0.3 is 5.97 Å². The molecule has 192 valence electrons. The van der Waals surface area contributed by atoms with Gasteiger partial charge in [-0.25, -0.2) is 0 Å². The standard InChI is InChI=1S/C27H50N2O4/c1-7-8-9-10-11-12-13-14-15-16-17-27(20-23(31)32,24(33)28-21(2)30)22-18-25(3,4)29-26(5,6)19-22/h22,29H,7-20H2,1-6H3,(H,31,32)(H,28,30,33). The minimum atomic E-state index is -1.08. The Balaban J connectivity index is 2.89. The lowest BCUT2D eigenvalue weighted by Crippen LogP contribution is -2.62. The van der Waals surface area contributed by atoms with E-state index in [-0.39, 0.29) is 23.4 Å². The van der Waals surface area contributed by atoms with Crippen LogP contribution in [-0.2, 0) is 14.4 Å². The van der Waals surface area contributed by atoms with Crippen LogP contribution >= 0.6 is 0 Å². The fraction of sp³-hybridized carbons (Fsp3) is 0.889. The molecule has 1 rings (SSSR count). The Hall–Kier alpha value is -1.43. The van der Waals surface area contributed by atoms with Crippen molar-refractivity contribution in [2.75, 3.05) is 0 Å². The Morgan fingerprint density at radius 1 is 0.879 bits per heavy atom. The number of hydrogen-bond acceptors (Lipinski definition) is 4. The maximum Gasteiger partial charge on any atom is 0.304 e. The summed E-state index contributed by atoms with van der Waals surface area (Å²) in [5.41, 5.74) is -1.51. The van der Waals surface area contributed by atoms with Gasteiger partial charge in [-0.2, -0.15) is 0 Å². The Bertz CT molecular complexity index is 628. The van der Waals surface area contributed by atoms with Gasteiger partial charge in [0.05, 0.1) is 11.8 Å². The average molecular weight is 467 g/mol. The molecule has 0 saturated carbocycles. The molecule has 0 aromatic heterocycles. The quantitative estimate of drug-likeness (QED) is 0.258. The first-order valence-electron chi connectivity index (χ1n) is 13.2. The molecule has 0 spiro atoms. The van der Waals surface area contributed by atoms with E-state index in [0.717, 1.165) is 19.3 Å². The fourth-order valence-corrected chi connectivity index (χ4v) is 6.01. The van der Waals surface area contributed by atoms with Crippen molar-refractivity contribution >= 4 is 17.8 Å². The minimum Gasteiger partial charge on any atom is -0.481 e. The van der Waals surface area contributed by atoms with Crippen molar-refractivity contribution in [2.45, 2.75) is 143 Å². The second-order valence-electron chi connectivity index (χ2n) is 11.7. The first-order chi connectivity index (χ1) is 15.3. The van der Waals surface area contributed by atoms with Crippen molar-refractivity contribution in [1.82, 2.24) is 10.6 Å². The van der Waals surface area contributed by atoms with Crippen LogP contribution in [0.5, 0.6) is 0 Å². The predicted octanol–water partition coefficient (Wildman–Crippen LogP) is 5.98. The summed E-state index contributed by atoms with van der Waals surface area (Å²) >= 11 is 0. The molecule has 2 amide bonds. The van der Waals surface area contributed by atoms with Crippen molar-refractivity contribution in [3.63, 3.8) is 0 Å². The lowest BCUT2D eigenvalue weighted by Gasteiger charge is -2.52. The Morgan fingerprint density at radius 2 is 1.33 bits per heavy atom. The number of hydrogen-bond donors (Lipinski definition) is 3. The smallest absolute Gasteiger partial charge is 0.304 e. The van der Waals surface area contributed by atoms with Crippen LogP contribution < -0.4 is 10.6 Å². The third-order valence-electron chi connectivity index (χ3n) is 7.16. The van der Waals surface area contributed by atoms with Crippen molar-refractivity contribution in [3.05, 3.63) is 0 Å². The predicted molar refractivity (Wildman–Crippen MR) is 134 cm³/mol. The van der Waals surface area contributed by atoms with E-state index in [0.29, 0.717) is 19.3 Å². The summed E-state index contributed by atoms with van der Waals surface area (Å²) in [6.45, 7) is 12.0. The van der Waals surface area contributed by atoms with Gasteiger partial charge in [0.15, 0.2) is 0 Å². The summed E-state index contributed by atoms with van der Waals surface area (Å²) in [6.07, 6.45) is 13.5. The van der Waals surface area contributed by atoms with Crippen molar-refractivity contribution in [2.24, 2.45) is 11.3 Å². The van der Waals surface area contributed by atoms with Crippen LogP contribution in [0.4, 0.5) is 0 Å². The van der Waals surface area contributed by atoms with E-state index in [9.17, 15) is 19.5 Å². The summed E-state index contributed by atoms with van der Waals surface area (Å²) in [7, 11) is 0. The molecule has 0 radical (unpaired) electrons. The number of rotatable bonds is 15. The first-order valence-corrected chi connectivity index (χ1v) is 13.2. The minimum absolute atomic E-state index is 0.113. The molecular weight excluding hydrogens is 416 g/mol. The van der Waals surface area contributed by atoms with E-state index in [1.807, 2.05) is 0 Å². The summed E-state index contributed by atoms with van der Waals surface area (Å²) < 4.78 is 0. The van der Waals surface area contributed by atoms with Crippen LogP contribution in [0.3, 0.4) is 0 Å². The summed E-state index contributed by atoms with van der Waals surface area (Å²) in [4.78, 5) is 37.2. The Kier molecular flexibility index (Phi) is 12.1. The third kappa shape index (κ3) is 10.6. The Labute approximate surface area is 202 Å². The third-order valence-corrected chi connectivity index (χ3v) is 7.16. The van der Waals surface area contributed by atoms with Crippen LogP contribution in [0.2, 0.25) is 0 Å². The maximum absolute atomic E-state index is 13.4. The van der Waals surface area contributed by atoms with Crippen LogP contribution in [0.1, 0.15) is 131 Å². The molecule has 0 bridgehead atoms. The number of carbonyl (C=O) groups excluding carboxylic acids is 2. The van der Waals surface area contributed by atoms with Crippen molar-refractivity contribution in [1.29, 1.82) is 0 Å². The topological polar surface area (TPSA) is 95.5 Å². The molecule has 6 nitrogen and oxygen atoms in total. The molecule has 0 aromatic rings. The molecule has 1 unspecified atom stereocenters. The Morgan fingerprint density at radius 3 is 1.76 bits per heavy atom. The maximum atomic E-state index is 13.4. The summed E-state index contributed by atoms with van der Waals surface area (Å²) in [5, 5.41) is 15.9. The molecule has 1 atom stereocenters. The van der Waals surface area contributed by atoms with E-state index < -0.39 is 23.2 Å². The van der Waals surface area contributed by atoms with Gasteiger partial charge in [-0.15, -0.1) is 0 Å². The molecule has 1 heterocycles. The molecule has 1 fully saturated rings. The second kappa shape index (κ2) is 13.5. The number of unbranched alkanes of at least 4 members (excludes halogenated alkanes) is 9. The number of aliphatic carboxylic acids is 1. The van der Waals surface area contributed by atoms with Crippen LogP contribution in [0.15, 0.2) is 0 Å². The fourth-order valence-electron chi connectivity index (χ4n) is 6.01. The average Bonchev–Trinajstić information content (AvgIpc) is 2.65.